The molecule has 2 amide bonds. The first-order valence-electron chi connectivity index (χ1n) is 10.8. The van der Waals surface area contributed by atoms with Crippen LogP contribution < -0.4 is 15.1 Å². The van der Waals surface area contributed by atoms with Crippen LogP contribution in [-0.2, 0) is 0 Å². The van der Waals surface area contributed by atoms with Gasteiger partial charge in [-0.3, -0.25) is 0 Å². The number of anilines is 3. The maximum atomic E-state index is 12.7. The summed E-state index contributed by atoms with van der Waals surface area (Å²) in [5.41, 5.74) is 4.71. The van der Waals surface area contributed by atoms with E-state index < -0.39 is 0 Å². The Labute approximate surface area is 175 Å². The minimum atomic E-state index is -0.0163. The van der Waals surface area contributed by atoms with E-state index in [2.05, 4.69) is 79.2 Å². The van der Waals surface area contributed by atoms with Crippen LogP contribution in [0, 0.1) is 0 Å². The van der Waals surface area contributed by atoms with Gasteiger partial charge in [-0.05, 0) is 55.7 Å². The van der Waals surface area contributed by atoms with Gasteiger partial charge >= 0.3 is 6.03 Å². The lowest BCUT2D eigenvalue weighted by Crippen LogP contribution is -2.50. The van der Waals surface area contributed by atoms with Crippen molar-refractivity contribution in [3.05, 3.63) is 54.1 Å². The summed E-state index contributed by atoms with van der Waals surface area (Å²) < 4.78 is 0. The number of amides is 2. The van der Waals surface area contributed by atoms with Crippen molar-refractivity contribution in [1.82, 2.24) is 4.90 Å². The molecule has 2 aromatic carbocycles. The quantitative estimate of drug-likeness (QED) is 0.748. The van der Waals surface area contributed by atoms with Crippen LogP contribution in [0.4, 0.5) is 21.9 Å². The smallest absolute Gasteiger partial charge is 0.321 e. The summed E-state index contributed by atoms with van der Waals surface area (Å²) >= 11 is 0. The summed E-state index contributed by atoms with van der Waals surface area (Å²) in [7, 11) is 0. The van der Waals surface area contributed by atoms with Gasteiger partial charge in [0.15, 0.2) is 0 Å². The van der Waals surface area contributed by atoms with Gasteiger partial charge in [0.1, 0.15) is 0 Å². The van der Waals surface area contributed by atoms with Crippen molar-refractivity contribution in [3.8, 4) is 0 Å². The zero-order valence-electron chi connectivity index (χ0n) is 18.2. The third kappa shape index (κ3) is 5.03. The van der Waals surface area contributed by atoms with Crippen molar-refractivity contribution in [1.29, 1.82) is 0 Å². The summed E-state index contributed by atoms with van der Waals surface area (Å²) in [4.78, 5) is 19.3. The molecule has 1 aliphatic rings. The lowest BCUT2D eigenvalue weighted by atomic mass is 10.00. The van der Waals surface area contributed by atoms with Gasteiger partial charge in [0.25, 0.3) is 0 Å². The highest BCUT2D eigenvalue weighted by Crippen LogP contribution is 2.28. The van der Waals surface area contributed by atoms with E-state index in [1.54, 1.807) is 0 Å². The number of carbonyl (C=O) groups excluding carboxylic acids is 1. The van der Waals surface area contributed by atoms with E-state index in [0.29, 0.717) is 5.92 Å². The average Bonchev–Trinajstić information content (AvgIpc) is 2.76. The molecule has 5 nitrogen and oxygen atoms in total. The van der Waals surface area contributed by atoms with E-state index in [1.165, 1.54) is 16.9 Å². The Morgan fingerprint density at radius 3 is 2.17 bits per heavy atom. The highest BCUT2D eigenvalue weighted by Gasteiger charge is 2.23. The van der Waals surface area contributed by atoms with Gasteiger partial charge < -0.3 is 20.0 Å². The number of rotatable bonds is 6. The van der Waals surface area contributed by atoms with E-state index in [-0.39, 0.29) is 6.03 Å². The van der Waals surface area contributed by atoms with Crippen molar-refractivity contribution >= 4 is 23.1 Å². The molecule has 1 fully saturated rings. The fourth-order valence-corrected chi connectivity index (χ4v) is 3.96. The van der Waals surface area contributed by atoms with E-state index in [0.717, 1.165) is 45.0 Å². The average molecular weight is 395 g/mol. The molecule has 3 rings (SSSR count). The molecular weight excluding hydrogens is 360 g/mol. The van der Waals surface area contributed by atoms with Gasteiger partial charge in [-0.15, -0.1) is 0 Å². The predicted molar refractivity (Wildman–Crippen MR) is 123 cm³/mol. The van der Waals surface area contributed by atoms with Crippen molar-refractivity contribution < 1.29 is 4.79 Å². The van der Waals surface area contributed by atoms with Crippen molar-refractivity contribution in [2.75, 3.05) is 54.4 Å². The highest BCUT2D eigenvalue weighted by molar-refractivity contribution is 5.89. The minimum Gasteiger partial charge on any atom is -0.372 e. The highest BCUT2D eigenvalue weighted by atomic mass is 16.2. The van der Waals surface area contributed by atoms with Crippen LogP contribution in [0.1, 0.15) is 39.2 Å². The molecule has 1 saturated heterocycles. The Bertz CT molecular complexity index is 791. The second kappa shape index (κ2) is 9.68. The minimum absolute atomic E-state index is 0.0163. The van der Waals surface area contributed by atoms with E-state index >= 15 is 0 Å². The Morgan fingerprint density at radius 2 is 1.59 bits per heavy atom. The molecule has 0 aliphatic carbocycles. The Hall–Kier alpha value is -2.69. The summed E-state index contributed by atoms with van der Waals surface area (Å²) in [5, 5.41) is 3.05. The molecule has 5 heteroatoms. The van der Waals surface area contributed by atoms with E-state index in [1.807, 2.05) is 17.0 Å². The second-order valence-electron chi connectivity index (χ2n) is 7.84. The fourth-order valence-electron chi connectivity index (χ4n) is 3.96. The molecule has 0 saturated carbocycles. The number of hydrogen-bond donors (Lipinski definition) is 1. The first kappa shape index (κ1) is 21.0. The Kier molecular flexibility index (Phi) is 7.02. The molecule has 0 bridgehead atoms. The van der Waals surface area contributed by atoms with Crippen LogP contribution in [-0.4, -0.2) is 50.2 Å². The van der Waals surface area contributed by atoms with Crippen LogP contribution >= 0.6 is 0 Å². The topological polar surface area (TPSA) is 38.8 Å². The molecule has 1 aliphatic heterocycles. The van der Waals surface area contributed by atoms with Crippen molar-refractivity contribution in [2.24, 2.45) is 0 Å². The maximum Gasteiger partial charge on any atom is 0.321 e. The largest absolute Gasteiger partial charge is 0.372 e. The van der Waals surface area contributed by atoms with E-state index in [9.17, 15) is 4.79 Å². The monoisotopic (exact) mass is 394 g/mol. The van der Waals surface area contributed by atoms with Crippen LogP contribution in [0.25, 0.3) is 0 Å². The first-order chi connectivity index (χ1) is 14.0. The number of nitrogens with zero attached hydrogens (tertiary/aromatic N) is 3. The molecule has 0 spiro atoms. The number of hydrogen-bond acceptors (Lipinski definition) is 3. The second-order valence-corrected chi connectivity index (χ2v) is 7.84. The number of nitrogens with one attached hydrogen (secondary N) is 1. The third-order valence-corrected chi connectivity index (χ3v) is 5.71. The van der Waals surface area contributed by atoms with Crippen LogP contribution in [0.15, 0.2) is 48.5 Å². The summed E-state index contributed by atoms with van der Waals surface area (Å²) in [5.74, 6) is 0.492. The number of para-hydroxylation sites is 1. The van der Waals surface area contributed by atoms with Gasteiger partial charge in [-0.25, -0.2) is 4.79 Å². The zero-order valence-corrected chi connectivity index (χ0v) is 18.2. The SMILES string of the molecule is CCN(CC)c1ccc(NC(=O)N2CCN(c3ccccc3C(C)C)CC2)cc1. The lowest BCUT2D eigenvalue weighted by molar-refractivity contribution is 0.208. The van der Waals surface area contributed by atoms with Gasteiger partial charge in [0.2, 0.25) is 0 Å². The van der Waals surface area contributed by atoms with Crippen LogP contribution in [0.3, 0.4) is 0 Å². The first-order valence-corrected chi connectivity index (χ1v) is 10.8. The van der Waals surface area contributed by atoms with Crippen molar-refractivity contribution in [3.63, 3.8) is 0 Å². The molecule has 2 aromatic rings. The molecule has 156 valence electrons. The predicted octanol–water partition coefficient (Wildman–Crippen LogP) is 5.01. The van der Waals surface area contributed by atoms with Gasteiger partial charge in [-0.1, -0.05) is 32.0 Å². The molecule has 0 unspecified atom stereocenters. The third-order valence-electron chi connectivity index (χ3n) is 5.71. The zero-order chi connectivity index (χ0) is 20.8. The molecular formula is C24H34N4O. The Morgan fingerprint density at radius 1 is 0.966 bits per heavy atom. The summed E-state index contributed by atoms with van der Waals surface area (Å²) in [6.07, 6.45) is 0. The molecule has 0 radical (unpaired) electrons. The number of piperazine rings is 1. The number of benzene rings is 2. The molecule has 1 heterocycles. The van der Waals surface area contributed by atoms with E-state index in [4.69, 9.17) is 0 Å². The summed E-state index contributed by atoms with van der Waals surface area (Å²) in [6.45, 7) is 13.9. The lowest BCUT2D eigenvalue weighted by Gasteiger charge is -2.37. The van der Waals surface area contributed by atoms with Gasteiger partial charge in [0, 0.05) is 56.3 Å². The maximum absolute atomic E-state index is 12.7. The molecule has 29 heavy (non-hydrogen) atoms. The fraction of sp³-hybridized carbons (Fsp3) is 0.458. The van der Waals surface area contributed by atoms with Crippen LogP contribution in [0.2, 0.25) is 0 Å². The number of urea groups is 1. The van der Waals surface area contributed by atoms with Gasteiger partial charge in [0.05, 0.1) is 0 Å². The van der Waals surface area contributed by atoms with Crippen LogP contribution in [0.5, 0.6) is 0 Å². The van der Waals surface area contributed by atoms with Crippen molar-refractivity contribution in [2.45, 2.75) is 33.6 Å². The standard InChI is InChI=1S/C24H34N4O/c1-5-26(6-2)21-13-11-20(12-14-21)25-24(29)28-17-15-27(16-18-28)23-10-8-7-9-22(23)19(3)4/h7-14,19H,5-6,15-18H2,1-4H3,(H,25,29). The normalized spacial score (nSPS) is 14.2. The number of carbonyl (C=O) groups is 1. The summed E-state index contributed by atoms with van der Waals surface area (Å²) in [6, 6.07) is 16.7. The molecule has 0 aromatic heterocycles. The Balaban J connectivity index is 1.57. The molecule has 0 atom stereocenters. The van der Waals surface area contributed by atoms with Gasteiger partial charge in [-0.2, -0.15) is 0 Å². The molecule has 1 N–H and O–H groups in total.